The number of morpholine rings is 1. The van der Waals surface area contributed by atoms with Crippen molar-refractivity contribution in [1.29, 1.82) is 0 Å². The van der Waals surface area contributed by atoms with Crippen LogP contribution in [-0.4, -0.2) is 61.1 Å². The van der Waals surface area contributed by atoms with Crippen LogP contribution >= 0.6 is 0 Å². The number of amides is 3. The molecule has 0 saturated carbocycles. The Morgan fingerprint density at radius 3 is 2.75 bits per heavy atom. The first kappa shape index (κ1) is 18.3. The fourth-order valence-corrected chi connectivity index (χ4v) is 2.74. The average Bonchev–Trinajstić information content (AvgIpc) is 2.59. The predicted octanol–water partition coefficient (Wildman–Crippen LogP) is 1.94. The molecule has 6 heteroatoms. The van der Waals surface area contributed by atoms with Crippen molar-refractivity contribution in [3.8, 4) is 0 Å². The molecular formula is C18H27N3O3. The summed E-state index contributed by atoms with van der Waals surface area (Å²) in [6, 6.07) is 7.80. The zero-order valence-electron chi connectivity index (χ0n) is 14.9. The molecule has 1 aromatic carbocycles. The maximum Gasteiger partial charge on any atom is 0.318 e. The third-order valence-corrected chi connectivity index (χ3v) is 4.52. The molecule has 1 aromatic rings. The number of rotatable bonds is 4. The van der Waals surface area contributed by atoms with Crippen LogP contribution in [0.4, 0.5) is 4.79 Å². The number of nitrogens with one attached hydrogen (secondary N) is 1. The summed E-state index contributed by atoms with van der Waals surface area (Å²) in [5, 5.41) is 2.72. The smallest absolute Gasteiger partial charge is 0.318 e. The van der Waals surface area contributed by atoms with Gasteiger partial charge in [-0.3, -0.25) is 4.79 Å². The molecule has 0 radical (unpaired) electrons. The SMILES string of the molecule is CCN(C)C(=O)CNC(=O)N1C[C@H](c2ccccc2C)OC[C@@H]1C. The van der Waals surface area contributed by atoms with Gasteiger partial charge in [0.05, 0.1) is 25.7 Å². The van der Waals surface area contributed by atoms with Crippen LogP contribution in [0.3, 0.4) is 0 Å². The van der Waals surface area contributed by atoms with Crippen LogP contribution < -0.4 is 5.32 Å². The van der Waals surface area contributed by atoms with Crippen LogP contribution in [-0.2, 0) is 9.53 Å². The molecule has 3 amide bonds. The van der Waals surface area contributed by atoms with Crippen LogP contribution in [0, 0.1) is 6.92 Å². The van der Waals surface area contributed by atoms with Gasteiger partial charge in [-0.15, -0.1) is 0 Å². The molecule has 2 atom stereocenters. The van der Waals surface area contributed by atoms with Crippen molar-refractivity contribution in [2.24, 2.45) is 0 Å². The standard InChI is InChI=1S/C18H27N3O3/c1-5-20(4)17(22)10-19-18(23)21-11-16(24-12-14(21)3)15-9-7-6-8-13(15)2/h6-9,14,16H,5,10-12H2,1-4H3,(H,19,23)/t14-,16+/m0/s1. The Balaban J connectivity index is 1.99. The lowest BCUT2D eigenvalue weighted by atomic mass is 10.0. The van der Waals surface area contributed by atoms with E-state index < -0.39 is 0 Å². The number of carbonyl (C=O) groups excluding carboxylic acids is 2. The van der Waals surface area contributed by atoms with Crippen LogP contribution in [0.25, 0.3) is 0 Å². The summed E-state index contributed by atoms with van der Waals surface area (Å²) in [5.41, 5.74) is 2.25. The molecule has 1 aliphatic heterocycles. The van der Waals surface area contributed by atoms with Crippen molar-refractivity contribution in [3.63, 3.8) is 0 Å². The van der Waals surface area contributed by atoms with E-state index in [1.165, 1.54) is 0 Å². The molecule has 1 heterocycles. The lowest BCUT2D eigenvalue weighted by Crippen LogP contribution is -2.53. The highest BCUT2D eigenvalue weighted by Crippen LogP contribution is 2.27. The summed E-state index contributed by atoms with van der Waals surface area (Å²) in [7, 11) is 1.72. The topological polar surface area (TPSA) is 61.9 Å². The molecule has 1 aliphatic rings. The zero-order chi connectivity index (χ0) is 17.7. The van der Waals surface area contributed by atoms with E-state index in [-0.39, 0.29) is 30.6 Å². The van der Waals surface area contributed by atoms with Crippen LogP contribution in [0.1, 0.15) is 31.1 Å². The Hall–Kier alpha value is -2.08. The molecule has 1 N–H and O–H groups in total. The van der Waals surface area contributed by atoms with E-state index in [0.29, 0.717) is 19.7 Å². The number of hydrogen-bond acceptors (Lipinski definition) is 3. The van der Waals surface area contributed by atoms with Crippen LogP contribution in [0.5, 0.6) is 0 Å². The minimum Gasteiger partial charge on any atom is -0.370 e. The van der Waals surface area contributed by atoms with E-state index in [1.54, 1.807) is 16.8 Å². The van der Waals surface area contributed by atoms with Gasteiger partial charge in [0.25, 0.3) is 0 Å². The van der Waals surface area contributed by atoms with Crippen molar-refractivity contribution in [2.75, 3.05) is 33.3 Å². The number of ether oxygens (including phenoxy) is 1. The van der Waals surface area contributed by atoms with Gasteiger partial charge in [0.15, 0.2) is 0 Å². The van der Waals surface area contributed by atoms with E-state index in [9.17, 15) is 9.59 Å². The monoisotopic (exact) mass is 333 g/mol. The number of hydrogen-bond donors (Lipinski definition) is 1. The molecule has 0 spiro atoms. The number of likely N-dealkylation sites (N-methyl/N-ethyl adjacent to an activating group) is 1. The summed E-state index contributed by atoms with van der Waals surface area (Å²) in [5.74, 6) is -0.0952. The van der Waals surface area contributed by atoms with Gasteiger partial charge in [0.2, 0.25) is 5.91 Å². The largest absolute Gasteiger partial charge is 0.370 e. The maximum atomic E-state index is 12.5. The van der Waals surface area contributed by atoms with E-state index in [0.717, 1.165) is 11.1 Å². The Bertz CT molecular complexity index is 591. The third-order valence-electron chi connectivity index (χ3n) is 4.52. The average molecular weight is 333 g/mol. The van der Waals surface area contributed by atoms with Gasteiger partial charge in [0.1, 0.15) is 6.10 Å². The summed E-state index contributed by atoms with van der Waals surface area (Å²) in [4.78, 5) is 27.6. The van der Waals surface area contributed by atoms with Crippen molar-refractivity contribution < 1.29 is 14.3 Å². The molecule has 1 saturated heterocycles. The highest BCUT2D eigenvalue weighted by atomic mass is 16.5. The van der Waals surface area contributed by atoms with Crippen molar-refractivity contribution >= 4 is 11.9 Å². The van der Waals surface area contributed by atoms with Gasteiger partial charge in [0, 0.05) is 13.6 Å². The van der Waals surface area contributed by atoms with Gasteiger partial charge in [-0.2, -0.15) is 0 Å². The number of benzene rings is 1. The molecular weight excluding hydrogens is 306 g/mol. The third kappa shape index (κ3) is 4.26. The van der Waals surface area contributed by atoms with Gasteiger partial charge in [-0.25, -0.2) is 4.79 Å². The van der Waals surface area contributed by atoms with Crippen molar-refractivity contribution in [3.05, 3.63) is 35.4 Å². The van der Waals surface area contributed by atoms with E-state index in [2.05, 4.69) is 5.32 Å². The normalized spacial score (nSPS) is 20.6. The summed E-state index contributed by atoms with van der Waals surface area (Å²) in [6.07, 6.45) is -0.137. The Kier molecular flexibility index (Phi) is 6.20. The Morgan fingerprint density at radius 1 is 1.38 bits per heavy atom. The molecule has 24 heavy (non-hydrogen) atoms. The van der Waals surface area contributed by atoms with Crippen molar-refractivity contribution in [1.82, 2.24) is 15.1 Å². The summed E-state index contributed by atoms with van der Waals surface area (Å²) >= 11 is 0. The fraction of sp³-hybridized carbons (Fsp3) is 0.556. The van der Waals surface area contributed by atoms with E-state index in [1.807, 2.05) is 45.0 Å². The highest BCUT2D eigenvalue weighted by Gasteiger charge is 2.31. The number of nitrogens with zero attached hydrogens (tertiary/aromatic N) is 2. The van der Waals surface area contributed by atoms with Gasteiger partial charge < -0.3 is 19.9 Å². The van der Waals surface area contributed by atoms with Crippen molar-refractivity contribution in [2.45, 2.75) is 32.9 Å². The lowest BCUT2D eigenvalue weighted by molar-refractivity contribution is -0.128. The lowest BCUT2D eigenvalue weighted by Gasteiger charge is -2.38. The molecule has 0 bridgehead atoms. The molecule has 2 rings (SSSR count). The van der Waals surface area contributed by atoms with E-state index >= 15 is 0 Å². The summed E-state index contributed by atoms with van der Waals surface area (Å²) < 4.78 is 5.92. The van der Waals surface area contributed by atoms with E-state index in [4.69, 9.17) is 4.74 Å². The minimum absolute atomic E-state index is 0.0162. The second-order valence-electron chi connectivity index (χ2n) is 6.25. The Morgan fingerprint density at radius 2 is 2.08 bits per heavy atom. The molecule has 6 nitrogen and oxygen atoms in total. The number of urea groups is 1. The quantitative estimate of drug-likeness (QED) is 0.916. The minimum atomic E-state index is -0.220. The first-order valence-electron chi connectivity index (χ1n) is 8.39. The summed E-state index contributed by atoms with van der Waals surface area (Å²) in [6.45, 7) is 7.50. The second kappa shape index (κ2) is 8.15. The molecule has 0 unspecified atom stereocenters. The molecule has 1 fully saturated rings. The van der Waals surface area contributed by atoms with Gasteiger partial charge in [-0.1, -0.05) is 24.3 Å². The second-order valence-corrected chi connectivity index (χ2v) is 6.25. The first-order valence-corrected chi connectivity index (χ1v) is 8.39. The van der Waals surface area contributed by atoms with Gasteiger partial charge in [-0.05, 0) is 31.9 Å². The zero-order valence-corrected chi connectivity index (χ0v) is 14.9. The molecule has 0 aliphatic carbocycles. The molecule has 0 aromatic heterocycles. The first-order chi connectivity index (χ1) is 11.4. The van der Waals surface area contributed by atoms with Gasteiger partial charge >= 0.3 is 6.03 Å². The van der Waals surface area contributed by atoms with Crippen LogP contribution in [0.2, 0.25) is 0 Å². The Labute approximate surface area is 143 Å². The predicted molar refractivity (Wildman–Crippen MR) is 92.7 cm³/mol. The number of carbonyl (C=O) groups is 2. The fourth-order valence-electron chi connectivity index (χ4n) is 2.74. The highest BCUT2D eigenvalue weighted by molar-refractivity contribution is 5.84. The van der Waals surface area contributed by atoms with Crippen LogP contribution in [0.15, 0.2) is 24.3 Å². The number of aryl methyl sites for hydroxylation is 1. The maximum absolute atomic E-state index is 12.5. The molecule has 132 valence electrons.